The van der Waals surface area contributed by atoms with Gasteiger partial charge in [-0.3, -0.25) is 14.9 Å². The molecule has 4 aromatic rings. The van der Waals surface area contributed by atoms with Gasteiger partial charge in [-0.1, -0.05) is 44.2 Å². The summed E-state index contributed by atoms with van der Waals surface area (Å²) >= 11 is 0. The minimum Gasteiger partial charge on any atom is -0.463 e. The average Bonchev–Trinajstić information content (AvgIpc) is 3.72. The maximum Gasteiger partial charge on any atom is 0.519 e. The van der Waals surface area contributed by atoms with Crippen molar-refractivity contribution in [2.24, 2.45) is 11.7 Å². The number of ether oxygens (including phenoxy) is 4. The van der Waals surface area contributed by atoms with Gasteiger partial charge < -0.3 is 38.6 Å². The highest BCUT2D eigenvalue weighted by Gasteiger charge is 2.60. The minimum absolute atomic E-state index is 0.0150. The first-order valence-electron chi connectivity index (χ1n) is 14.7. The predicted molar refractivity (Wildman–Crippen MR) is 161 cm³/mol. The van der Waals surface area contributed by atoms with Gasteiger partial charge in [0, 0.05) is 0 Å². The Bertz CT molecular complexity index is 1900. The first-order chi connectivity index (χ1) is 22.9. The third-order valence-electron chi connectivity index (χ3n) is 7.66. The van der Waals surface area contributed by atoms with Crippen LogP contribution in [0.5, 0.6) is 0 Å². The third kappa shape index (κ3) is 6.90. The van der Waals surface area contributed by atoms with Gasteiger partial charge in [-0.2, -0.15) is 10.4 Å². The molecule has 0 spiro atoms. The van der Waals surface area contributed by atoms with Crippen molar-refractivity contribution in [1.29, 1.82) is 5.26 Å². The van der Waals surface area contributed by atoms with Gasteiger partial charge in [-0.25, -0.2) is 19.1 Å². The number of esters is 2. The second-order valence-electron chi connectivity index (χ2n) is 11.2. The maximum absolute atomic E-state index is 12.9. The standard InChI is InChI=1S/C31H32N6O11/c1-16(2)24(33)28(40)47-25-21(13-43-23(38)11-18-7-5-4-6-8-18)48-31(14-32,26(25)39)22-10-9-19-27(34-15-35-37(19)22)36-29(41)44-12-20-17(3)45-30(42)46-20/h4-10,15-16,21,24-26,39H,11-13,33H2,1-3H3,(H,34,35,36,41)/t21-,24?,25-,26-,31+/m1/s1. The van der Waals surface area contributed by atoms with Crippen LogP contribution < -0.4 is 16.9 Å². The fourth-order valence-electron chi connectivity index (χ4n) is 5.00. The van der Waals surface area contributed by atoms with Crippen LogP contribution in [-0.4, -0.2) is 68.7 Å². The van der Waals surface area contributed by atoms with E-state index in [1.807, 2.05) is 6.07 Å². The minimum atomic E-state index is -2.21. The van der Waals surface area contributed by atoms with Gasteiger partial charge in [0.05, 0.1) is 12.1 Å². The molecule has 3 aromatic heterocycles. The average molecular weight is 665 g/mol. The molecule has 17 nitrogen and oxygen atoms in total. The van der Waals surface area contributed by atoms with Crippen molar-refractivity contribution >= 4 is 29.4 Å². The fourth-order valence-corrected chi connectivity index (χ4v) is 5.00. The summed E-state index contributed by atoms with van der Waals surface area (Å²) < 4.78 is 33.0. The Morgan fingerprint density at radius 1 is 1.17 bits per heavy atom. The molecular formula is C31H32N6O11. The summed E-state index contributed by atoms with van der Waals surface area (Å²) in [6, 6.07) is 12.6. The van der Waals surface area contributed by atoms with Gasteiger partial charge in [-0.05, 0) is 30.5 Å². The Labute approximate surface area is 272 Å². The van der Waals surface area contributed by atoms with Crippen LogP contribution in [0.2, 0.25) is 0 Å². The topological polar surface area (TPSA) is 244 Å². The largest absolute Gasteiger partial charge is 0.519 e. The number of nitrogens with two attached hydrogens (primary N) is 1. The summed E-state index contributed by atoms with van der Waals surface area (Å²) in [7, 11) is 0. The molecule has 48 heavy (non-hydrogen) atoms. The molecule has 1 saturated heterocycles. The molecule has 252 valence electrons. The Kier molecular flexibility index (Phi) is 9.89. The zero-order chi connectivity index (χ0) is 34.6. The van der Waals surface area contributed by atoms with Crippen LogP contribution in [0, 0.1) is 24.2 Å². The molecule has 1 aliphatic heterocycles. The zero-order valence-corrected chi connectivity index (χ0v) is 26.0. The molecule has 0 aliphatic carbocycles. The number of nitrogens with zero attached hydrogens (tertiary/aromatic N) is 4. The smallest absolute Gasteiger partial charge is 0.463 e. The number of aryl methyl sites for hydroxylation is 1. The van der Waals surface area contributed by atoms with Gasteiger partial charge in [-0.15, -0.1) is 0 Å². The van der Waals surface area contributed by atoms with E-state index >= 15 is 0 Å². The molecule has 0 bridgehead atoms. The number of anilines is 1. The van der Waals surface area contributed by atoms with Gasteiger partial charge in [0.15, 0.2) is 30.0 Å². The van der Waals surface area contributed by atoms with E-state index in [-0.39, 0.29) is 40.9 Å². The Morgan fingerprint density at radius 3 is 2.58 bits per heavy atom. The van der Waals surface area contributed by atoms with E-state index in [0.717, 1.165) is 6.33 Å². The van der Waals surface area contributed by atoms with Crippen LogP contribution in [0.25, 0.3) is 5.52 Å². The van der Waals surface area contributed by atoms with Crippen LogP contribution in [0.3, 0.4) is 0 Å². The first-order valence-corrected chi connectivity index (χ1v) is 14.7. The van der Waals surface area contributed by atoms with Gasteiger partial charge in [0.25, 0.3) is 0 Å². The molecule has 0 saturated carbocycles. The number of hydrogen-bond acceptors (Lipinski definition) is 15. The number of carbonyl (C=O) groups is 3. The van der Waals surface area contributed by atoms with E-state index in [1.54, 1.807) is 44.2 Å². The van der Waals surface area contributed by atoms with Gasteiger partial charge in [0.2, 0.25) is 5.60 Å². The molecule has 1 aliphatic rings. The summed E-state index contributed by atoms with van der Waals surface area (Å²) in [4.78, 5) is 53.4. The second kappa shape index (κ2) is 14.0. The van der Waals surface area contributed by atoms with Crippen LogP contribution in [0.4, 0.5) is 10.6 Å². The predicted octanol–water partition coefficient (Wildman–Crippen LogP) is 1.49. The lowest BCUT2D eigenvalue weighted by atomic mass is 9.92. The summed E-state index contributed by atoms with van der Waals surface area (Å²) in [6.07, 6.45) is -4.56. The van der Waals surface area contributed by atoms with E-state index in [0.29, 0.717) is 5.56 Å². The molecule has 4 heterocycles. The van der Waals surface area contributed by atoms with Gasteiger partial charge in [0.1, 0.15) is 42.8 Å². The number of aromatic nitrogens is 3. The second-order valence-corrected chi connectivity index (χ2v) is 11.2. The summed E-state index contributed by atoms with van der Waals surface area (Å²) in [5.74, 6) is -2.63. The molecule has 1 amide bonds. The highest BCUT2D eigenvalue weighted by molar-refractivity contribution is 5.88. The Morgan fingerprint density at radius 2 is 1.92 bits per heavy atom. The molecule has 1 aromatic carbocycles. The van der Waals surface area contributed by atoms with Crippen molar-refractivity contribution in [2.75, 3.05) is 11.9 Å². The van der Waals surface area contributed by atoms with Crippen LogP contribution in [0.1, 0.15) is 36.6 Å². The van der Waals surface area contributed by atoms with Crippen molar-refractivity contribution in [2.45, 2.75) is 63.8 Å². The van der Waals surface area contributed by atoms with Gasteiger partial charge >= 0.3 is 23.9 Å². The lowest BCUT2D eigenvalue weighted by Gasteiger charge is -2.25. The van der Waals surface area contributed by atoms with Crippen LogP contribution >= 0.6 is 0 Å². The number of rotatable bonds is 11. The number of carbonyl (C=O) groups excluding carboxylic acids is 3. The monoisotopic (exact) mass is 664 g/mol. The highest BCUT2D eigenvalue weighted by Crippen LogP contribution is 2.42. The quantitative estimate of drug-likeness (QED) is 0.152. The number of hydrogen-bond donors (Lipinski definition) is 3. The SMILES string of the molecule is Cc1oc(=O)oc1COC(=O)Nc1ncnn2c([C@]3(C#N)O[C@H](COC(=O)Cc4ccccc4)[C@@H](OC(=O)C(N)C(C)C)[C@H]3O)ccc12. The van der Waals surface area contributed by atoms with E-state index in [4.69, 9.17) is 33.5 Å². The lowest BCUT2D eigenvalue weighted by molar-refractivity contribution is -0.162. The first kappa shape index (κ1) is 33.8. The lowest BCUT2D eigenvalue weighted by Crippen LogP contribution is -2.46. The number of nitrogens with one attached hydrogen (secondary N) is 1. The molecule has 1 unspecified atom stereocenters. The third-order valence-corrected chi connectivity index (χ3v) is 7.66. The van der Waals surface area contributed by atoms with E-state index in [2.05, 4.69) is 15.4 Å². The zero-order valence-electron chi connectivity index (χ0n) is 26.0. The number of aliphatic hydroxyl groups is 1. The summed E-state index contributed by atoms with van der Waals surface area (Å²) in [5, 5.41) is 28.7. The van der Waals surface area contributed by atoms with Crippen molar-refractivity contribution in [3.05, 3.63) is 82.2 Å². The van der Waals surface area contributed by atoms with Crippen LogP contribution in [0.15, 0.2) is 62.4 Å². The van der Waals surface area contributed by atoms with E-state index in [1.165, 1.54) is 23.6 Å². The number of benzene rings is 1. The number of amides is 1. The van der Waals surface area contributed by atoms with E-state index < -0.39 is 67.0 Å². The number of aliphatic hydroxyl groups excluding tert-OH is 1. The summed E-state index contributed by atoms with van der Waals surface area (Å²) in [5.41, 5.74) is 4.62. The fraction of sp³-hybridized carbons (Fsp3) is 0.387. The van der Waals surface area contributed by atoms with Crippen molar-refractivity contribution in [3.63, 3.8) is 0 Å². The van der Waals surface area contributed by atoms with Crippen molar-refractivity contribution in [1.82, 2.24) is 14.6 Å². The number of fused-ring (bicyclic) bond motifs is 1. The Hall–Kier alpha value is -5.57. The Balaban J connectivity index is 1.39. The molecular weight excluding hydrogens is 632 g/mol. The van der Waals surface area contributed by atoms with E-state index in [9.17, 15) is 29.5 Å². The summed E-state index contributed by atoms with van der Waals surface area (Å²) in [6.45, 7) is 3.99. The molecule has 4 N–H and O–H groups in total. The molecule has 1 fully saturated rings. The molecule has 5 atom stereocenters. The van der Waals surface area contributed by atoms with Crippen LogP contribution in [-0.2, 0) is 47.2 Å². The van der Waals surface area contributed by atoms with Crippen molar-refractivity contribution < 1.29 is 47.3 Å². The van der Waals surface area contributed by atoms with Crippen molar-refractivity contribution in [3.8, 4) is 6.07 Å². The molecule has 5 rings (SSSR count). The normalized spacial score (nSPS) is 21.1. The highest BCUT2D eigenvalue weighted by atomic mass is 16.6. The molecule has 0 radical (unpaired) electrons. The maximum atomic E-state index is 12.9. The molecule has 17 heteroatoms. The number of nitriles is 1.